The highest BCUT2D eigenvalue weighted by Gasteiger charge is 2.36. The van der Waals surface area contributed by atoms with Crippen LogP contribution < -0.4 is 9.05 Å². The lowest BCUT2D eigenvalue weighted by Crippen LogP contribution is -2.10. The van der Waals surface area contributed by atoms with Crippen LogP contribution >= 0.6 is 7.60 Å². The number of carbonyl (C=O) groups is 1. The molecule has 0 aromatic heterocycles. The van der Waals surface area contributed by atoms with E-state index in [2.05, 4.69) is 0 Å². The average molecular weight is 318 g/mol. The summed E-state index contributed by atoms with van der Waals surface area (Å²) in [6.45, 7) is 5.50. The second-order valence-corrected chi connectivity index (χ2v) is 6.91. The molecule has 0 radical (unpaired) electrons. The van der Waals surface area contributed by atoms with E-state index >= 15 is 0 Å². The molecule has 5 heteroatoms. The molecule has 0 spiro atoms. The van der Waals surface area contributed by atoms with Gasteiger partial charge in [0.2, 0.25) is 0 Å². The minimum Gasteiger partial charge on any atom is -0.411 e. The van der Waals surface area contributed by atoms with Crippen molar-refractivity contribution in [3.05, 3.63) is 59.7 Å². The molecule has 0 amide bonds. The number of hydrogen-bond acceptors (Lipinski definition) is 4. The second kappa shape index (κ2) is 6.80. The first-order valence-electron chi connectivity index (χ1n) is 7.09. The predicted octanol–water partition coefficient (Wildman–Crippen LogP) is 4.89. The molecule has 2 aromatic rings. The Labute approximate surface area is 130 Å². The van der Waals surface area contributed by atoms with Crippen molar-refractivity contribution in [3.8, 4) is 11.5 Å². The summed E-state index contributed by atoms with van der Waals surface area (Å²) in [5, 5.41) is 0. The highest BCUT2D eigenvalue weighted by Crippen LogP contribution is 2.50. The molecule has 0 heterocycles. The lowest BCUT2D eigenvalue weighted by Gasteiger charge is -2.18. The second-order valence-electron chi connectivity index (χ2n) is 5.05. The molecule has 116 valence electrons. The van der Waals surface area contributed by atoms with Gasteiger partial charge in [-0.1, -0.05) is 42.3 Å². The van der Waals surface area contributed by atoms with Crippen molar-refractivity contribution < 1.29 is 18.4 Å². The Hall–Kier alpha value is -2.06. The van der Waals surface area contributed by atoms with E-state index in [1.807, 2.05) is 38.1 Å². The van der Waals surface area contributed by atoms with Gasteiger partial charge in [0.05, 0.1) is 0 Å². The van der Waals surface area contributed by atoms with E-state index in [0.717, 1.165) is 11.1 Å². The minimum absolute atomic E-state index is 0.0784. The molecule has 22 heavy (non-hydrogen) atoms. The molecular formula is C17H19O4P. The van der Waals surface area contributed by atoms with Crippen molar-refractivity contribution in [2.75, 3.05) is 0 Å². The minimum atomic E-state index is -3.92. The first-order chi connectivity index (χ1) is 10.4. The lowest BCUT2D eigenvalue weighted by atomic mass is 10.2. The van der Waals surface area contributed by atoms with Crippen molar-refractivity contribution in [2.45, 2.75) is 27.2 Å². The number of hydrogen-bond donors (Lipinski definition) is 0. The predicted molar refractivity (Wildman–Crippen MR) is 86.5 cm³/mol. The van der Waals surface area contributed by atoms with Gasteiger partial charge in [0.25, 0.3) is 5.52 Å². The maximum Gasteiger partial charge on any atom is 0.498 e. The highest BCUT2D eigenvalue weighted by molar-refractivity contribution is 7.72. The fourth-order valence-electron chi connectivity index (χ4n) is 1.79. The van der Waals surface area contributed by atoms with Crippen molar-refractivity contribution in [1.82, 2.24) is 0 Å². The first-order valence-corrected chi connectivity index (χ1v) is 8.63. The van der Waals surface area contributed by atoms with Crippen LogP contribution in [0.5, 0.6) is 11.5 Å². The van der Waals surface area contributed by atoms with E-state index in [1.165, 1.54) is 0 Å². The molecule has 0 aliphatic carbocycles. The van der Waals surface area contributed by atoms with Gasteiger partial charge in [-0.2, -0.15) is 0 Å². The molecule has 0 bridgehead atoms. The maximum absolute atomic E-state index is 12.9. The topological polar surface area (TPSA) is 52.6 Å². The summed E-state index contributed by atoms with van der Waals surface area (Å²) in [6, 6.07) is 14.0. The Balaban J connectivity index is 2.27. The molecule has 0 saturated heterocycles. The van der Waals surface area contributed by atoms with Crippen molar-refractivity contribution in [3.63, 3.8) is 0 Å². The molecule has 2 aromatic carbocycles. The van der Waals surface area contributed by atoms with E-state index in [1.54, 1.807) is 31.2 Å². The third-order valence-electron chi connectivity index (χ3n) is 3.10. The first kappa shape index (κ1) is 16.3. The summed E-state index contributed by atoms with van der Waals surface area (Å²) in [5.41, 5.74) is 1.54. The smallest absolute Gasteiger partial charge is 0.411 e. The zero-order valence-corrected chi connectivity index (χ0v) is 13.8. The van der Waals surface area contributed by atoms with Gasteiger partial charge in [-0.3, -0.25) is 4.79 Å². The van der Waals surface area contributed by atoms with Gasteiger partial charge in [0.15, 0.2) is 0 Å². The summed E-state index contributed by atoms with van der Waals surface area (Å²) < 4.78 is 23.7. The van der Waals surface area contributed by atoms with Crippen LogP contribution in [0.4, 0.5) is 0 Å². The maximum atomic E-state index is 12.9. The summed E-state index contributed by atoms with van der Waals surface area (Å²) in [6.07, 6.45) is 0.0784. The Morgan fingerprint density at radius 3 is 1.55 bits per heavy atom. The molecule has 2 rings (SSSR count). The molecule has 0 atom stereocenters. The average Bonchev–Trinajstić information content (AvgIpc) is 2.51. The molecule has 0 aliphatic heterocycles. The lowest BCUT2D eigenvalue weighted by molar-refractivity contribution is -0.112. The fourth-order valence-corrected chi connectivity index (χ4v) is 3.22. The monoisotopic (exact) mass is 318 g/mol. The zero-order chi connectivity index (χ0) is 16.2. The van der Waals surface area contributed by atoms with Crippen molar-refractivity contribution in [1.29, 1.82) is 0 Å². The standard InChI is InChI=1S/C17H19O4P/c1-4-17(18)22(19,20-15-9-5-13(2)6-10-15)21-16-11-7-14(3)8-12-16/h5-12H,4H2,1-3H3. The number of rotatable bonds is 6. The van der Waals surface area contributed by atoms with Crippen LogP contribution in [0.25, 0.3) is 0 Å². The number of benzene rings is 2. The fraction of sp³-hybridized carbons (Fsp3) is 0.235. The summed E-state index contributed by atoms with van der Waals surface area (Å²) in [7, 11) is -3.92. The molecular weight excluding hydrogens is 299 g/mol. The van der Waals surface area contributed by atoms with Crippen molar-refractivity contribution in [2.24, 2.45) is 0 Å². The Morgan fingerprint density at radius 2 is 1.23 bits per heavy atom. The van der Waals surface area contributed by atoms with Gasteiger partial charge in [-0.05, 0) is 38.1 Å². The van der Waals surface area contributed by atoms with Crippen LogP contribution in [0.1, 0.15) is 24.5 Å². The molecule has 0 unspecified atom stereocenters. The van der Waals surface area contributed by atoms with Gasteiger partial charge >= 0.3 is 7.60 Å². The van der Waals surface area contributed by atoms with Crippen LogP contribution in [-0.2, 0) is 9.36 Å². The number of aryl methyl sites for hydroxylation is 2. The van der Waals surface area contributed by atoms with Gasteiger partial charge < -0.3 is 9.05 Å². The molecule has 0 fully saturated rings. The van der Waals surface area contributed by atoms with Crippen LogP contribution in [0.3, 0.4) is 0 Å². The van der Waals surface area contributed by atoms with E-state index < -0.39 is 13.1 Å². The molecule has 4 nitrogen and oxygen atoms in total. The third-order valence-corrected chi connectivity index (χ3v) is 4.93. The zero-order valence-electron chi connectivity index (χ0n) is 12.9. The van der Waals surface area contributed by atoms with Crippen LogP contribution in [0.15, 0.2) is 48.5 Å². The summed E-state index contributed by atoms with van der Waals surface area (Å²) in [4.78, 5) is 12.1. The Morgan fingerprint density at radius 1 is 0.864 bits per heavy atom. The highest BCUT2D eigenvalue weighted by atomic mass is 31.2. The summed E-state index contributed by atoms with van der Waals surface area (Å²) in [5.74, 6) is 0.700. The SMILES string of the molecule is CCC(=O)P(=O)(Oc1ccc(C)cc1)Oc1ccc(C)cc1. The van der Waals surface area contributed by atoms with E-state index in [9.17, 15) is 9.36 Å². The van der Waals surface area contributed by atoms with Crippen LogP contribution in [0.2, 0.25) is 0 Å². The summed E-state index contributed by atoms with van der Waals surface area (Å²) >= 11 is 0. The quantitative estimate of drug-likeness (QED) is 0.711. The largest absolute Gasteiger partial charge is 0.498 e. The van der Waals surface area contributed by atoms with Gasteiger partial charge in [0, 0.05) is 6.42 Å². The third kappa shape index (κ3) is 3.99. The normalized spacial score (nSPS) is 11.0. The molecule has 0 N–H and O–H groups in total. The molecule has 0 saturated carbocycles. The molecule has 0 aliphatic rings. The number of carbonyl (C=O) groups excluding carboxylic acids is 1. The van der Waals surface area contributed by atoms with Crippen LogP contribution in [-0.4, -0.2) is 5.52 Å². The van der Waals surface area contributed by atoms with E-state index in [0.29, 0.717) is 11.5 Å². The van der Waals surface area contributed by atoms with Crippen molar-refractivity contribution >= 4 is 13.1 Å². The van der Waals surface area contributed by atoms with Crippen LogP contribution in [0, 0.1) is 13.8 Å². The Kier molecular flexibility index (Phi) is 5.04. The van der Waals surface area contributed by atoms with E-state index in [-0.39, 0.29) is 6.42 Å². The van der Waals surface area contributed by atoms with Gasteiger partial charge in [0.1, 0.15) is 11.5 Å². The Bertz CT molecular complexity index is 638. The van der Waals surface area contributed by atoms with Gasteiger partial charge in [-0.15, -0.1) is 0 Å². The van der Waals surface area contributed by atoms with E-state index in [4.69, 9.17) is 9.05 Å². The van der Waals surface area contributed by atoms with Gasteiger partial charge in [-0.25, -0.2) is 4.57 Å².